The van der Waals surface area contributed by atoms with E-state index in [1.54, 1.807) is 18.2 Å². The molecule has 0 aromatic heterocycles. The predicted molar refractivity (Wildman–Crippen MR) is 146 cm³/mol. The summed E-state index contributed by atoms with van der Waals surface area (Å²) in [5.41, 5.74) is 3.97. The van der Waals surface area contributed by atoms with Gasteiger partial charge in [-0.1, -0.05) is 66.2 Å². The summed E-state index contributed by atoms with van der Waals surface area (Å²) < 4.78 is 0. The van der Waals surface area contributed by atoms with E-state index < -0.39 is 0 Å². The van der Waals surface area contributed by atoms with Crippen LogP contribution >= 0.6 is 11.6 Å². The van der Waals surface area contributed by atoms with Crippen LogP contribution in [0, 0.1) is 0 Å². The molecule has 4 rings (SSSR count). The van der Waals surface area contributed by atoms with Crippen LogP contribution < -0.4 is 10.6 Å². The maximum absolute atomic E-state index is 12.2. The molecular formula is C30H29ClN2O2. The Hall–Kier alpha value is -3.63. The highest BCUT2D eigenvalue weighted by Gasteiger charge is 2.20. The van der Waals surface area contributed by atoms with Crippen molar-refractivity contribution in [1.82, 2.24) is 0 Å². The molecule has 0 bridgehead atoms. The molecule has 0 aliphatic rings. The number of ketones is 2. The molecule has 0 atom stereocenters. The fraction of sp³-hybridized carbons (Fsp3) is 0.200. The topological polar surface area (TPSA) is 58.2 Å². The van der Waals surface area contributed by atoms with E-state index in [1.807, 2.05) is 24.3 Å². The average molecular weight is 485 g/mol. The van der Waals surface area contributed by atoms with Crippen molar-refractivity contribution in [1.29, 1.82) is 0 Å². The Kier molecular flexibility index (Phi) is 7.23. The molecule has 0 fully saturated rings. The number of benzene rings is 4. The summed E-state index contributed by atoms with van der Waals surface area (Å²) in [5, 5.41) is 9.95. The second-order valence-electron chi connectivity index (χ2n) is 9.57. The molecule has 0 radical (unpaired) electrons. The lowest BCUT2D eigenvalue weighted by molar-refractivity contribution is -0.116. The zero-order chi connectivity index (χ0) is 25.0. The molecule has 5 heteroatoms. The van der Waals surface area contributed by atoms with Crippen LogP contribution in [0.25, 0.3) is 10.8 Å². The van der Waals surface area contributed by atoms with E-state index in [4.69, 9.17) is 11.6 Å². The number of hydrogen-bond acceptors (Lipinski definition) is 4. The lowest BCUT2D eigenvalue weighted by Crippen LogP contribution is -2.33. The fourth-order valence-electron chi connectivity index (χ4n) is 4.23. The molecule has 178 valence electrons. The maximum atomic E-state index is 12.2. The highest BCUT2D eigenvalue weighted by atomic mass is 35.5. The van der Waals surface area contributed by atoms with Crippen molar-refractivity contribution < 1.29 is 9.59 Å². The van der Waals surface area contributed by atoms with E-state index in [2.05, 4.69) is 66.9 Å². The molecule has 0 amide bonds. The molecule has 0 unspecified atom stereocenters. The molecular weight excluding hydrogens is 456 g/mol. The maximum Gasteiger partial charge on any atom is 0.170 e. The number of anilines is 3. The average Bonchev–Trinajstić information content (AvgIpc) is 2.80. The van der Waals surface area contributed by atoms with Gasteiger partial charge in [0.1, 0.15) is 5.78 Å². The van der Waals surface area contributed by atoms with Gasteiger partial charge in [-0.15, -0.1) is 0 Å². The van der Waals surface area contributed by atoms with E-state index in [9.17, 15) is 9.59 Å². The van der Waals surface area contributed by atoms with Crippen LogP contribution in [-0.2, 0) is 11.2 Å². The van der Waals surface area contributed by atoms with Crippen molar-refractivity contribution in [2.75, 3.05) is 10.6 Å². The third-order valence-corrected chi connectivity index (χ3v) is 6.10. The zero-order valence-electron chi connectivity index (χ0n) is 20.2. The number of halogens is 1. The largest absolute Gasteiger partial charge is 0.379 e. The first-order valence-electron chi connectivity index (χ1n) is 11.6. The standard InChI is InChI=1S/C30H29ClN2O2/c1-20(34)15-29(35)24-9-6-10-25(17-24)32-26-13-14-28(27(31)18-26)33-30(2,3)19-21-11-12-22-7-4-5-8-23(22)16-21/h4-14,16-18,32-33H,15,19H2,1-3H3. The van der Waals surface area contributed by atoms with Crippen molar-refractivity contribution >= 4 is 51.0 Å². The van der Waals surface area contributed by atoms with Crippen LogP contribution in [-0.4, -0.2) is 17.1 Å². The number of fused-ring (bicyclic) bond motifs is 1. The monoisotopic (exact) mass is 484 g/mol. The Labute approximate surface area is 211 Å². The highest BCUT2D eigenvalue weighted by molar-refractivity contribution is 6.33. The molecule has 4 aromatic carbocycles. The minimum atomic E-state index is -0.216. The Bertz CT molecular complexity index is 1390. The van der Waals surface area contributed by atoms with Gasteiger partial charge in [0, 0.05) is 22.5 Å². The molecule has 0 heterocycles. The molecule has 0 aliphatic carbocycles. The van der Waals surface area contributed by atoms with Crippen LogP contribution in [0.2, 0.25) is 5.02 Å². The Morgan fingerprint density at radius 2 is 1.57 bits per heavy atom. The van der Waals surface area contributed by atoms with E-state index in [0.717, 1.165) is 23.5 Å². The predicted octanol–water partition coefficient (Wildman–Crippen LogP) is 7.83. The molecule has 0 spiro atoms. The summed E-state index contributed by atoms with van der Waals surface area (Å²) >= 11 is 6.63. The molecule has 0 aliphatic heterocycles. The van der Waals surface area contributed by atoms with Gasteiger partial charge < -0.3 is 10.6 Å². The summed E-state index contributed by atoms with van der Waals surface area (Å²) in [4.78, 5) is 23.5. The molecule has 0 saturated carbocycles. The third-order valence-electron chi connectivity index (χ3n) is 5.78. The van der Waals surface area contributed by atoms with Gasteiger partial charge in [-0.3, -0.25) is 9.59 Å². The Morgan fingerprint density at radius 3 is 2.31 bits per heavy atom. The Morgan fingerprint density at radius 1 is 0.829 bits per heavy atom. The number of carbonyl (C=O) groups is 2. The first-order chi connectivity index (χ1) is 16.7. The summed E-state index contributed by atoms with van der Waals surface area (Å²) in [7, 11) is 0. The van der Waals surface area contributed by atoms with Crippen LogP contribution in [0.4, 0.5) is 17.1 Å². The minimum absolute atomic E-state index is 0.0926. The van der Waals surface area contributed by atoms with Crippen LogP contribution in [0.3, 0.4) is 0 Å². The van der Waals surface area contributed by atoms with E-state index in [1.165, 1.54) is 23.3 Å². The molecule has 2 N–H and O–H groups in total. The van der Waals surface area contributed by atoms with Gasteiger partial charge in [-0.05, 0) is 73.9 Å². The summed E-state index contributed by atoms with van der Waals surface area (Å²) in [6, 6.07) is 27.8. The van der Waals surface area contributed by atoms with Crippen molar-refractivity contribution in [3.8, 4) is 0 Å². The van der Waals surface area contributed by atoms with Crippen molar-refractivity contribution in [3.63, 3.8) is 0 Å². The Balaban J connectivity index is 1.45. The van der Waals surface area contributed by atoms with Gasteiger partial charge >= 0.3 is 0 Å². The minimum Gasteiger partial charge on any atom is -0.379 e. The van der Waals surface area contributed by atoms with Gasteiger partial charge in [0.25, 0.3) is 0 Å². The number of rotatable bonds is 9. The van der Waals surface area contributed by atoms with Crippen LogP contribution in [0.15, 0.2) is 84.9 Å². The van der Waals surface area contributed by atoms with Gasteiger partial charge in [-0.25, -0.2) is 0 Å². The number of hydrogen-bond donors (Lipinski definition) is 2. The van der Waals surface area contributed by atoms with Crippen molar-refractivity contribution in [2.24, 2.45) is 0 Å². The summed E-state index contributed by atoms with van der Waals surface area (Å²) in [6.45, 7) is 5.74. The second-order valence-corrected chi connectivity index (χ2v) is 9.98. The molecule has 0 saturated heterocycles. The molecule has 4 nitrogen and oxygen atoms in total. The van der Waals surface area contributed by atoms with Crippen LogP contribution in [0.5, 0.6) is 0 Å². The number of nitrogens with one attached hydrogen (secondary N) is 2. The highest BCUT2D eigenvalue weighted by Crippen LogP contribution is 2.31. The van der Waals surface area contributed by atoms with Gasteiger partial charge in [0.15, 0.2) is 5.78 Å². The molecule has 35 heavy (non-hydrogen) atoms. The van der Waals surface area contributed by atoms with Gasteiger partial charge in [0.05, 0.1) is 17.1 Å². The fourth-order valence-corrected chi connectivity index (χ4v) is 4.46. The third kappa shape index (κ3) is 6.49. The van der Waals surface area contributed by atoms with Crippen molar-refractivity contribution in [3.05, 3.63) is 101 Å². The smallest absolute Gasteiger partial charge is 0.170 e. The summed E-state index contributed by atoms with van der Waals surface area (Å²) in [5.74, 6) is -0.334. The summed E-state index contributed by atoms with van der Waals surface area (Å²) in [6.07, 6.45) is 0.750. The second kappa shape index (κ2) is 10.3. The van der Waals surface area contributed by atoms with E-state index >= 15 is 0 Å². The van der Waals surface area contributed by atoms with E-state index in [0.29, 0.717) is 10.6 Å². The number of Topliss-reactive ketones (excluding diaryl/α,β-unsaturated/α-hetero) is 2. The van der Waals surface area contributed by atoms with Crippen LogP contribution in [0.1, 0.15) is 43.1 Å². The van der Waals surface area contributed by atoms with E-state index in [-0.39, 0.29) is 23.5 Å². The quantitative estimate of drug-likeness (QED) is 0.188. The van der Waals surface area contributed by atoms with Crippen molar-refractivity contribution in [2.45, 2.75) is 39.2 Å². The normalized spacial score (nSPS) is 11.3. The van der Waals surface area contributed by atoms with Gasteiger partial charge in [-0.2, -0.15) is 0 Å². The zero-order valence-corrected chi connectivity index (χ0v) is 20.9. The first-order valence-corrected chi connectivity index (χ1v) is 12.0. The lowest BCUT2D eigenvalue weighted by atomic mass is 9.93. The lowest BCUT2D eigenvalue weighted by Gasteiger charge is -2.28. The first kappa shape index (κ1) is 24.5. The molecule has 4 aromatic rings. The number of carbonyl (C=O) groups excluding carboxylic acids is 2. The van der Waals surface area contributed by atoms with Gasteiger partial charge in [0.2, 0.25) is 0 Å². The SMILES string of the molecule is CC(=O)CC(=O)c1cccc(Nc2ccc(NC(C)(C)Cc3ccc4ccccc4c3)c(Cl)c2)c1.